The molecule has 0 saturated heterocycles. The molecule has 12 heteroatoms. The topological polar surface area (TPSA) is 118 Å². The lowest BCUT2D eigenvalue weighted by Crippen LogP contribution is -2.32. The largest absolute Gasteiger partial charge is 0.490 e. The highest BCUT2D eigenvalue weighted by molar-refractivity contribution is 9.10. The number of hydrogen-bond donors (Lipinski definition) is 3. The predicted molar refractivity (Wildman–Crippen MR) is 156 cm³/mol. The maximum atomic E-state index is 12.4. The summed E-state index contributed by atoms with van der Waals surface area (Å²) in [6.07, 6.45) is 1.32. The molecule has 0 heterocycles. The molecular formula is C27H25BrCl2N4O5. The minimum absolute atomic E-state index is 0.113. The molecule has 0 aliphatic rings. The van der Waals surface area contributed by atoms with E-state index >= 15 is 0 Å². The van der Waals surface area contributed by atoms with Gasteiger partial charge in [-0.25, -0.2) is 5.43 Å². The molecule has 3 rings (SSSR count). The van der Waals surface area contributed by atoms with Crippen molar-refractivity contribution >= 4 is 74.4 Å². The Morgan fingerprint density at radius 1 is 0.974 bits per heavy atom. The summed E-state index contributed by atoms with van der Waals surface area (Å²) in [5, 5.41) is 9.34. The van der Waals surface area contributed by atoms with Crippen molar-refractivity contribution in [3.8, 4) is 11.5 Å². The number of halogens is 3. The fourth-order valence-electron chi connectivity index (χ4n) is 3.22. The summed E-state index contributed by atoms with van der Waals surface area (Å²) < 4.78 is 11.9. The number of carbonyl (C=O) groups excluding carboxylic acids is 3. The molecule has 0 fully saturated rings. The van der Waals surface area contributed by atoms with Crippen molar-refractivity contribution in [1.29, 1.82) is 0 Å². The molecule has 0 aliphatic carbocycles. The summed E-state index contributed by atoms with van der Waals surface area (Å²) >= 11 is 15.4. The molecule has 0 radical (unpaired) electrons. The van der Waals surface area contributed by atoms with Crippen LogP contribution in [0.15, 0.2) is 58.1 Å². The predicted octanol–water partition coefficient (Wildman–Crippen LogP) is 5.88. The van der Waals surface area contributed by atoms with Crippen LogP contribution in [0.4, 0.5) is 11.4 Å². The van der Waals surface area contributed by atoms with E-state index in [1.165, 1.54) is 12.3 Å². The van der Waals surface area contributed by atoms with E-state index in [-0.39, 0.29) is 28.2 Å². The first-order valence-corrected chi connectivity index (χ1v) is 13.2. The Balaban J connectivity index is 1.62. The van der Waals surface area contributed by atoms with Crippen molar-refractivity contribution in [2.24, 2.45) is 5.10 Å². The van der Waals surface area contributed by atoms with Crippen LogP contribution in [0.3, 0.4) is 0 Å². The smallest absolute Gasteiger partial charge is 0.329 e. The third-order valence-electron chi connectivity index (χ3n) is 5.26. The summed E-state index contributed by atoms with van der Waals surface area (Å²) in [4.78, 5) is 36.7. The number of rotatable bonds is 9. The summed E-state index contributed by atoms with van der Waals surface area (Å²) in [5.74, 6) is -1.65. The molecule has 0 unspecified atom stereocenters. The number of hydrogen-bond acceptors (Lipinski definition) is 6. The number of aryl methyl sites for hydroxylation is 2. The molecule has 3 amide bonds. The molecule has 0 aliphatic heterocycles. The quantitative estimate of drug-likeness (QED) is 0.154. The van der Waals surface area contributed by atoms with Gasteiger partial charge < -0.3 is 20.1 Å². The number of amides is 3. The number of anilines is 2. The van der Waals surface area contributed by atoms with Gasteiger partial charge in [-0.3, -0.25) is 14.4 Å². The first-order chi connectivity index (χ1) is 18.6. The maximum Gasteiger partial charge on any atom is 0.329 e. The lowest BCUT2D eigenvalue weighted by molar-refractivity contribution is -0.136. The van der Waals surface area contributed by atoms with Gasteiger partial charge in [-0.1, -0.05) is 35.3 Å². The number of ether oxygens (including phenoxy) is 2. The van der Waals surface area contributed by atoms with Gasteiger partial charge in [0, 0.05) is 5.69 Å². The zero-order valence-electron chi connectivity index (χ0n) is 21.2. The zero-order valence-corrected chi connectivity index (χ0v) is 24.3. The average molecular weight is 636 g/mol. The van der Waals surface area contributed by atoms with Crippen LogP contribution in [0, 0.1) is 13.8 Å². The SMILES string of the molecule is CCOc1cc(/C=N\NC(=O)C(=O)Nc2cccc(Cl)c2Cl)cc(Br)c1OCC(=O)Nc1ccc(C)c(C)c1. The van der Waals surface area contributed by atoms with Crippen LogP contribution in [-0.4, -0.2) is 37.1 Å². The third kappa shape index (κ3) is 8.44. The Labute approximate surface area is 244 Å². The van der Waals surface area contributed by atoms with Gasteiger partial charge in [0.15, 0.2) is 18.1 Å². The van der Waals surface area contributed by atoms with E-state index in [9.17, 15) is 14.4 Å². The van der Waals surface area contributed by atoms with Crippen LogP contribution in [0.1, 0.15) is 23.6 Å². The van der Waals surface area contributed by atoms with E-state index in [0.29, 0.717) is 33.8 Å². The molecule has 3 aromatic rings. The minimum atomic E-state index is -1.01. The van der Waals surface area contributed by atoms with Crippen LogP contribution in [0.5, 0.6) is 11.5 Å². The zero-order chi connectivity index (χ0) is 28.5. The maximum absolute atomic E-state index is 12.4. The van der Waals surface area contributed by atoms with Crippen LogP contribution < -0.4 is 25.5 Å². The second-order valence-corrected chi connectivity index (χ2v) is 9.79. The van der Waals surface area contributed by atoms with Crippen molar-refractivity contribution in [1.82, 2.24) is 5.43 Å². The highest BCUT2D eigenvalue weighted by Gasteiger charge is 2.17. The van der Waals surface area contributed by atoms with Gasteiger partial charge in [0.1, 0.15) is 0 Å². The van der Waals surface area contributed by atoms with Crippen LogP contribution in [-0.2, 0) is 14.4 Å². The Morgan fingerprint density at radius 2 is 1.74 bits per heavy atom. The van der Waals surface area contributed by atoms with Gasteiger partial charge in [0.2, 0.25) is 0 Å². The Morgan fingerprint density at radius 3 is 2.46 bits per heavy atom. The van der Waals surface area contributed by atoms with Gasteiger partial charge in [-0.05, 0) is 89.8 Å². The molecule has 0 aromatic heterocycles. The van der Waals surface area contributed by atoms with Crippen molar-refractivity contribution in [2.45, 2.75) is 20.8 Å². The number of nitrogens with zero attached hydrogens (tertiary/aromatic N) is 1. The molecule has 0 saturated carbocycles. The fraction of sp³-hybridized carbons (Fsp3) is 0.185. The van der Waals surface area contributed by atoms with Crippen molar-refractivity contribution in [3.63, 3.8) is 0 Å². The second kappa shape index (κ2) is 14.0. The summed E-state index contributed by atoms with van der Waals surface area (Å²) in [5.41, 5.74) is 5.73. The highest BCUT2D eigenvalue weighted by Crippen LogP contribution is 2.36. The van der Waals surface area contributed by atoms with Crippen molar-refractivity contribution in [3.05, 3.63) is 79.7 Å². The van der Waals surface area contributed by atoms with Crippen LogP contribution >= 0.6 is 39.1 Å². The normalized spacial score (nSPS) is 10.7. The van der Waals surface area contributed by atoms with Crippen molar-refractivity contribution < 1.29 is 23.9 Å². The number of nitrogens with one attached hydrogen (secondary N) is 3. The fourth-order valence-corrected chi connectivity index (χ4v) is 4.14. The molecule has 204 valence electrons. The van der Waals surface area contributed by atoms with E-state index in [1.54, 1.807) is 31.2 Å². The monoisotopic (exact) mass is 634 g/mol. The summed E-state index contributed by atoms with van der Waals surface area (Å²) in [7, 11) is 0. The Kier molecular flexibility index (Phi) is 10.7. The van der Waals surface area contributed by atoms with Gasteiger partial charge in [0.05, 0.1) is 33.0 Å². The number of benzene rings is 3. The summed E-state index contributed by atoms with van der Waals surface area (Å²) in [6, 6.07) is 13.6. The molecule has 39 heavy (non-hydrogen) atoms. The lowest BCUT2D eigenvalue weighted by atomic mass is 10.1. The third-order valence-corrected chi connectivity index (χ3v) is 6.66. The van der Waals surface area contributed by atoms with Gasteiger partial charge >= 0.3 is 11.8 Å². The first-order valence-electron chi connectivity index (χ1n) is 11.6. The molecule has 0 spiro atoms. The molecular weight excluding hydrogens is 611 g/mol. The molecule has 0 atom stereocenters. The first kappa shape index (κ1) is 29.9. The second-order valence-electron chi connectivity index (χ2n) is 8.15. The molecule has 9 nitrogen and oxygen atoms in total. The van der Waals surface area contributed by atoms with E-state index in [4.69, 9.17) is 32.7 Å². The van der Waals surface area contributed by atoms with Gasteiger partial charge in [-0.15, -0.1) is 0 Å². The summed E-state index contributed by atoms with van der Waals surface area (Å²) in [6.45, 7) is 5.85. The van der Waals surface area contributed by atoms with Gasteiger partial charge in [-0.2, -0.15) is 5.10 Å². The molecule has 0 bridgehead atoms. The molecule has 3 N–H and O–H groups in total. The number of carbonyl (C=O) groups is 3. The van der Waals surface area contributed by atoms with E-state index in [1.807, 2.05) is 32.0 Å². The van der Waals surface area contributed by atoms with Crippen molar-refractivity contribution in [2.75, 3.05) is 23.8 Å². The molecule has 3 aromatic carbocycles. The Hall–Kier alpha value is -3.60. The Bertz CT molecular complexity index is 1430. The standard InChI is InChI=1S/C27H25BrCl2N4O5/c1-4-38-22-12-17(13-31-34-27(37)26(36)33-21-7-5-6-20(29)24(21)30)11-19(28)25(22)39-14-23(35)32-18-9-8-15(2)16(3)10-18/h5-13H,4,14H2,1-3H3,(H,32,35)(H,33,36)(H,34,37)/b31-13-. The average Bonchev–Trinajstić information content (AvgIpc) is 2.88. The minimum Gasteiger partial charge on any atom is -0.490 e. The number of hydrazone groups is 1. The van der Waals surface area contributed by atoms with E-state index in [2.05, 4.69) is 37.1 Å². The van der Waals surface area contributed by atoms with Gasteiger partial charge in [0.25, 0.3) is 5.91 Å². The highest BCUT2D eigenvalue weighted by atomic mass is 79.9. The van der Waals surface area contributed by atoms with E-state index < -0.39 is 11.8 Å². The lowest BCUT2D eigenvalue weighted by Gasteiger charge is -2.15. The van der Waals surface area contributed by atoms with E-state index in [0.717, 1.165) is 11.1 Å². The van der Waals surface area contributed by atoms with Crippen LogP contribution in [0.2, 0.25) is 10.0 Å². The van der Waals surface area contributed by atoms with Crippen LogP contribution in [0.25, 0.3) is 0 Å².